The lowest BCUT2D eigenvalue weighted by Crippen LogP contribution is -2.14. The van der Waals surface area contributed by atoms with Crippen molar-refractivity contribution >= 4 is 23.5 Å². The molecular formula is C18H17N3O2S. The van der Waals surface area contributed by atoms with Crippen LogP contribution in [0.3, 0.4) is 0 Å². The van der Waals surface area contributed by atoms with Crippen LogP contribution in [0, 0.1) is 25.2 Å². The smallest absolute Gasteiger partial charge is 0.227 e. The van der Waals surface area contributed by atoms with Gasteiger partial charge in [-0.1, -0.05) is 42.1 Å². The van der Waals surface area contributed by atoms with Gasteiger partial charge in [0.1, 0.15) is 11.1 Å². The van der Waals surface area contributed by atoms with Gasteiger partial charge in [-0.05, 0) is 25.0 Å². The van der Waals surface area contributed by atoms with Crippen molar-refractivity contribution in [3.8, 4) is 6.07 Å². The number of hydrogen-bond donors (Lipinski definition) is 1. The van der Waals surface area contributed by atoms with Crippen molar-refractivity contribution in [2.75, 3.05) is 5.75 Å². The van der Waals surface area contributed by atoms with E-state index in [0.29, 0.717) is 21.8 Å². The van der Waals surface area contributed by atoms with Gasteiger partial charge in [-0.25, -0.2) is 4.98 Å². The monoisotopic (exact) mass is 339 g/mol. The van der Waals surface area contributed by atoms with Crippen LogP contribution in [0.15, 0.2) is 35.4 Å². The number of pyridine rings is 1. The summed E-state index contributed by atoms with van der Waals surface area (Å²) in [5.41, 5.74) is 8.33. The van der Waals surface area contributed by atoms with Gasteiger partial charge in [0.05, 0.1) is 11.3 Å². The van der Waals surface area contributed by atoms with E-state index < -0.39 is 5.91 Å². The van der Waals surface area contributed by atoms with E-state index >= 15 is 0 Å². The molecule has 0 saturated heterocycles. The highest BCUT2D eigenvalue weighted by Gasteiger charge is 2.18. The minimum absolute atomic E-state index is 0.0231. The summed E-state index contributed by atoms with van der Waals surface area (Å²) >= 11 is 1.14. The topological polar surface area (TPSA) is 96.8 Å². The molecule has 122 valence electrons. The predicted molar refractivity (Wildman–Crippen MR) is 92.8 cm³/mol. The Kier molecular flexibility index (Phi) is 5.72. The van der Waals surface area contributed by atoms with Crippen molar-refractivity contribution in [1.82, 2.24) is 4.98 Å². The molecule has 1 aromatic heterocycles. The molecule has 0 unspecified atom stereocenters. The summed E-state index contributed by atoms with van der Waals surface area (Å²) in [4.78, 5) is 27.8. The highest BCUT2D eigenvalue weighted by atomic mass is 32.2. The lowest BCUT2D eigenvalue weighted by Gasteiger charge is -2.13. The van der Waals surface area contributed by atoms with Crippen LogP contribution in [0.25, 0.3) is 0 Å². The zero-order valence-corrected chi connectivity index (χ0v) is 14.3. The molecule has 6 heteroatoms. The van der Waals surface area contributed by atoms with E-state index in [4.69, 9.17) is 5.73 Å². The minimum Gasteiger partial charge on any atom is -0.369 e. The first-order chi connectivity index (χ1) is 11.4. The Hall–Kier alpha value is -2.65. The highest BCUT2D eigenvalue weighted by molar-refractivity contribution is 8.00. The molecule has 1 aromatic carbocycles. The van der Waals surface area contributed by atoms with Gasteiger partial charge in [-0.15, -0.1) is 0 Å². The number of aryl methyl sites for hydroxylation is 1. The predicted octanol–water partition coefficient (Wildman–Crippen LogP) is 2.57. The molecule has 0 atom stereocenters. The number of amides is 1. The van der Waals surface area contributed by atoms with Crippen molar-refractivity contribution in [2.45, 2.75) is 25.3 Å². The molecule has 24 heavy (non-hydrogen) atoms. The molecule has 2 N–H and O–H groups in total. The van der Waals surface area contributed by atoms with E-state index in [2.05, 4.69) is 11.1 Å². The van der Waals surface area contributed by atoms with Gasteiger partial charge >= 0.3 is 0 Å². The summed E-state index contributed by atoms with van der Waals surface area (Å²) in [6.45, 7) is 3.60. The van der Waals surface area contributed by atoms with Crippen LogP contribution in [0.4, 0.5) is 0 Å². The number of rotatable bonds is 6. The molecule has 5 nitrogen and oxygen atoms in total. The third-order valence-electron chi connectivity index (χ3n) is 3.64. The molecule has 0 aliphatic rings. The lowest BCUT2D eigenvalue weighted by atomic mass is 9.96. The van der Waals surface area contributed by atoms with Crippen molar-refractivity contribution in [3.63, 3.8) is 0 Å². The average Bonchev–Trinajstić information content (AvgIpc) is 2.57. The number of nitrogens with zero attached hydrogens (tertiary/aromatic N) is 2. The van der Waals surface area contributed by atoms with Crippen LogP contribution in [-0.4, -0.2) is 22.4 Å². The molecule has 0 spiro atoms. The van der Waals surface area contributed by atoms with Crippen LogP contribution in [0.1, 0.15) is 32.7 Å². The number of nitrogens with two attached hydrogens (primary N) is 1. The first-order valence-corrected chi connectivity index (χ1v) is 8.32. The van der Waals surface area contributed by atoms with E-state index in [0.717, 1.165) is 22.9 Å². The lowest BCUT2D eigenvalue weighted by molar-refractivity contribution is -0.115. The van der Waals surface area contributed by atoms with Crippen LogP contribution >= 0.6 is 11.8 Å². The first-order valence-electron chi connectivity index (χ1n) is 7.33. The van der Waals surface area contributed by atoms with E-state index in [1.165, 1.54) is 0 Å². The maximum absolute atomic E-state index is 12.4. The molecule has 0 fully saturated rings. The molecule has 2 rings (SSSR count). The Labute approximate surface area is 144 Å². The van der Waals surface area contributed by atoms with Gasteiger partial charge < -0.3 is 5.73 Å². The Morgan fingerprint density at radius 1 is 1.25 bits per heavy atom. The first kappa shape index (κ1) is 17.7. The summed E-state index contributed by atoms with van der Waals surface area (Å²) in [5, 5.41) is 9.90. The van der Waals surface area contributed by atoms with Gasteiger partial charge in [0.2, 0.25) is 5.91 Å². The fourth-order valence-corrected chi connectivity index (χ4v) is 3.20. The second-order valence-corrected chi connectivity index (χ2v) is 6.28. The number of thioether (sulfide) groups is 1. The molecule has 0 aliphatic carbocycles. The van der Waals surface area contributed by atoms with Crippen LogP contribution in [-0.2, 0) is 11.2 Å². The van der Waals surface area contributed by atoms with Crippen LogP contribution < -0.4 is 5.73 Å². The number of aromatic nitrogens is 1. The SMILES string of the molecule is Cc1nc(SCC(N)=O)c(C#N)c(C)c1CC(=O)c1ccccc1. The summed E-state index contributed by atoms with van der Waals surface area (Å²) in [6.07, 6.45) is 0.185. The number of hydrogen-bond acceptors (Lipinski definition) is 5. The fraction of sp³-hybridized carbons (Fsp3) is 0.222. The molecule has 2 aromatic rings. The zero-order chi connectivity index (χ0) is 17.7. The number of carbonyl (C=O) groups excluding carboxylic acids is 2. The minimum atomic E-state index is -0.468. The quantitative estimate of drug-likeness (QED) is 0.644. The Morgan fingerprint density at radius 2 is 1.92 bits per heavy atom. The van der Waals surface area contributed by atoms with E-state index in [1.54, 1.807) is 26.0 Å². The normalized spacial score (nSPS) is 10.2. The summed E-state index contributed by atoms with van der Waals surface area (Å²) in [6, 6.07) is 11.1. The van der Waals surface area contributed by atoms with Gasteiger partial charge in [0.25, 0.3) is 0 Å². The largest absolute Gasteiger partial charge is 0.369 e. The van der Waals surface area contributed by atoms with Crippen LogP contribution in [0.5, 0.6) is 0 Å². The van der Waals surface area contributed by atoms with Gasteiger partial charge in [-0.3, -0.25) is 9.59 Å². The highest BCUT2D eigenvalue weighted by Crippen LogP contribution is 2.27. The third-order valence-corrected chi connectivity index (χ3v) is 4.64. The standard InChI is InChI=1S/C18H17N3O2S/c1-11-14(8-16(22)13-6-4-3-5-7-13)12(2)21-18(15(11)9-19)24-10-17(20)23/h3-7H,8,10H2,1-2H3,(H2,20,23). The summed E-state index contributed by atoms with van der Waals surface area (Å²) < 4.78 is 0. The molecule has 0 aliphatic heterocycles. The summed E-state index contributed by atoms with van der Waals surface area (Å²) in [5.74, 6) is -0.433. The van der Waals surface area contributed by atoms with E-state index in [9.17, 15) is 14.9 Å². The van der Waals surface area contributed by atoms with Crippen molar-refractivity contribution < 1.29 is 9.59 Å². The number of benzene rings is 1. The molecule has 0 saturated carbocycles. The maximum Gasteiger partial charge on any atom is 0.227 e. The number of nitriles is 1. The number of Topliss-reactive ketones (excluding diaryl/α,β-unsaturated/α-hetero) is 1. The number of primary amides is 1. The van der Waals surface area contributed by atoms with Gasteiger partial charge in [-0.2, -0.15) is 5.26 Å². The average molecular weight is 339 g/mol. The van der Waals surface area contributed by atoms with Gasteiger partial charge in [0, 0.05) is 17.7 Å². The van der Waals surface area contributed by atoms with Crippen LogP contribution in [0.2, 0.25) is 0 Å². The Balaban J connectivity index is 2.36. The van der Waals surface area contributed by atoms with Crippen molar-refractivity contribution in [1.29, 1.82) is 5.26 Å². The second-order valence-electron chi connectivity index (χ2n) is 5.31. The third kappa shape index (κ3) is 4.00. The van der Waals surface area contributed by atoms with Crippen molar-refractivity contribution in [3.05, 3.63) is 58.3 Å². The molecule has 1 amide bonds. The molecule has 0 radical (unpaired) electrons. The fourth-order valence-electron chi connectivity index (χ4n) is 2.38. The number of ketones is 1. The van der Waals surface area contributed by atoms with E-state index in [-0.39, 0.29) is 18.0 Å². The Morgan fingerprint density at radius 3 is 2.50 bits per heavy atom. The zero-order valence-electron chi connectivity index (χ0n) is 13.5. The molecule has 1 heterocycles. The van der Waals surface area contributed by atoms with Crippen molar-refractivity contribution in [2.24, 2.45) is 5.73 Å². The Bertz CT molecular complexity index is 826. The van der Waals surface area contributed by atoms with E-state index in [1.807, 2.05) is 18.2 Å². The maximum atomic E-state index is 12.4. The summed E-state index contributed by atoms with van der Waals surface area (Å²) in [7, 11) is 0. The number of carbonyl (C=O) groups is 2. The second kappa shape index (κ2) is 7.75. The molecular weight excluding hydrogens is 322 g/mol. The molecule has 0 bridgehead atoms. The van der Waals surface area contributed by atoms with Gasteiger partial charge in [0.15, 0.2) is 5.78 Å².